The number of amides is 1. The molecule has 0 saturated heterocycles. The molecule has 0 atom stereocenters. The number of rotatable bonds is 8. The van der Waals surface area contributed by atoms with Crippen molar-refractivity contribution in [3.63, 3.8) is 0 Å². The monoisotopic (exact) mass is 271 g/mol. The number of nitrogens with one attached hydrogen (secondary N) is 1. The van der Waals surface area contributed by atoms with Crippen molar-refractivity contribution in [1.82, 2.24) is 5.32 Å². The third-order valence-electron chi connectivity index (χ3n) is 2.36. The molecule has 0 aliphatic rings. The Morgan fingerprint density at radius 2 is 1.90 bits per heavy atom. The lowest BCUT2D eigenvalue weighted by Gasteiger charge is -2.04. The Bertz CT molecular complexity index is 436. The average Bonchev–Trinajstić information content (AvgIpc) is 2.42. The van der Waals surface area contributed by atoms with E-state index in [1.807, 2.05) is 6.08 Å². The molecule has 0 aromatic rings. The van der Waals surface area contributed by atoms with Gasteiger partial charge in [-0.1, -0.05) is 43.9 Å². The van der Waals surface area contributed by atoms with Gasteiger partial charge in [-0.25, -0.2) is 0 Å². The van der Waals surface area contributed by atoms with Crippen LogP contribution in [0.3, 0.4) is 0 Å². The molecule has 0 spiro atoms. The molecular weight excluding hydrogens is 246 g/mol. The van der Waals surface area contributed by atoms with Crippen molar-refractivity contribution in [1.29, 1.82) is 0 Å². The van der Waals surface area contributed by atoms with E-state index in [0.29, 0.717) is 5.92 Å². The van der Waals surface area contributed by atoms with E-state index in [1.165, 1.54) is 0 Å². The highest BCUT2D eigenvalue weighted by Crippen LogP contribution is 1.98. The summed E-state index contributed by atoms with van der Waals surface area (Å²) in [5, 5.41) is 2.85. The highest BCUT2D eigenvalue weighted by atomic mass is 16.1. The maximum Gasteiger partial charge on any atom is 0.243 e. The summed E-state index contributed by atoms with van der Waals surface area (Å²) < 4.78 is 0. The number of carbonyl (C=O) groups is 1. The van der Waals surface area contributed by atoms with Gasteiger partial charge in [0.25, 0.3) is 0 Å². The van der Waals surface area contributed by atoms with Gasteiger partial charge in [-0.2, -0.15) is 0 Å². The van der Waals surface area contributed by atoms with Gasteiger partial charge in [-0.3, -0.25) is 4.79 Å². The van der Waals surface area contributed by atoms with E-state index in [0.717, 1.165) is 32.2 Å². The zero-order chi connectivity index (χ0) is 15.1. The summed E-state index contributed by atoms with van der Waals surface area (Å²) in [6, 6.07) is 0. The first-order valence-corrected chi connectivity index (χ1v) is 7.15. The molecule has 108 valence electrons. The van der Waals surface area contributed by atoms with Crippen LogP contribution in [0, 0.1) is 29.6 Å². The molecule has 0 radical (unpaired) electrons. The lowest BCUT2D eigenvalue weighted by Crippen LogP contribution is -2.25. The molecular formula is C18H25NO. The molecule has 0 aromatic heterocycles. The minimum absolute atomic E-state index is 0.00144. The van der Waals surface area contributed by atoms with E-state index in [1.54, 1.807) is 13.0 Å². The van der Waals surface area contributed by atoms with Crippen LogP contribution in [0.25, 0.3) is 0 Å². The third kappa shape index (κ3) is 14.1. The molecule has 1 amide bonds. The first-order chi connectivity index (χ1) is 9.66. The number of unbranched alkanes of at least 4 members (excludes halogenated alkanes) is 2. The molecule has 0 bridgehead atoms. The second-order valence-corrected chi connectivity index (χ2v) is 4.82. The molecule has 0 unspecified atom stereocenters. The fourth-order valence-electron chi connectivity index (χ4n) is 1.33. The van der Waals surface area contributed by atoms with Gasteiger partial charge in [-0.15, -0.1) is 0 Å². The molecule has 0 aliphatic carbocycles. The maximum atomic E-state index is 11.4. The molecule has 2 heteroatoms. The molecule has 0 heterocycles. The van der Waals surface area contributed by atoms with Gasteiger partial charge in [0.2, 0.25) is 5.91 Å². The molecule has 0 rings (SSSR count). The zero-order valence-electron chi connectivity index (χ0n) is 12.8. The first kappa shape index (κ1) is 18.1. The fraction of sp³-hybridized carbons (Fsp3) is 0.500. The van der Waals surface area contributed by atoms with Crippen molar-refractivity contribution in [2.45, 2.75) is 46.5 Å². The number of hydrogen-bond acceptors (Lipinski definition) is 1. The largest absolute Gasteiger partial charge is 0.352 e. The highest BCUT2D eigenvalue weighted by Gasteiger charge is 1.96. The van der Waals surface area contributed by atoms with Crippen molar-refractivity contribution in [2.75, 3.05) is 6.54 Å². The van der Waals surface area contributed by atoms with Crippen LogP contribution < -0.4 is 5.32 Å². The van der Waals surface area contributed by atoms with E-state index < -0.39 is 0 Å². The van der Waals surface area contributed by atoms with Gasteiger partial charge >= 0.3 is 0 Å². The molecule has 0 aromatic carbocycles. The second kappa shape index (κ2) is 13.5. The maximum absolute atomic E-state index is 11.4. The van der Waals surface area contributed by atoms with Gasteiger partial charge < -0.3 is 5.32 Å². The molecule has 2 nitrogen and oxygen atoms in total. The first-order valence-electron chi connectivity index (χ1n) is 7.15. The summed E-state index contributed by atoms with van der Waals surface area (Å²) in [7, 11) is 0. The topological polar surface area (TPSA) is 29.1 Å². The summed E-state index contributed by atoms with van der Waals surface area (Å²) in [5.41, 5.74) is 0. The van der Waals surface area contributed by atoms with Crippen molar-refractivity contribution >= 4 is 5.91 Å². The Labute approximate surface area is 123 Å². The predicted molar refractivity (Wildman–Crippen MR) is 85.8 cm³/mol. The average molecular weight is 271 g/mol. The van der Waals surface area contributed by atoms with Gasteiger partial charge in [0.1, 0.15) is 0 Å². The quantitative estimate of drug-likeness (QED) is 0.311. The van der Waals surface area contributed by atoms with Gasteiger partial charge in [0.05, 0.1) is 0 Å². The Morgan fingerprint density at radius 3 is 2.60 bits per heavy atom. The van der Waals surface area contributed by atoms with Crippen LogP contribution in [0.4, 0.5) is 0 Å². The Morgan fingerprint density at radius 1 is 1.15 bits per heavy atom. The minimum atomic E-state index is 0.00144. The summed E-state index contributed by atoms with van der Waals surface area (Å²) in [6.07, 6.45) is 11.5. The lowest BCUT2D eigenvalue weighted by molar-refractivity contribution is -0.116. The van der Waals surface area contributed by atoms with Crippen LogP contribution in [0.5, 0.6) is 0 Å². The Hall–Kier alpha value is -1.93. The van der Waals surface area contributed by atoms with Crippen LogP contribution in [0.1, 0.15) is 46.5 Å². The summed E-state index contributed by atoms with van der Waals surface area (Å²) in [6.45, 7) is 6.67. The Kier molecular flexibility index (Phi) is 12.2. The summed E-state index contributed by atoms with van der Waals surface area (Å²) >= 11 is 0. The Balaban J connectivity index is 3.56. The van der Waals surface area contributed by atoms with E-state index in [4.69, 9.17) is 0 Å². The van der Waals surface area contributed by atoms with E-state index in [2.05, 4.69) is 55.0 Å². The van der Waals surface area contributed by atoms with Crippen LogP contribution in [-0.4, -0.2) is 12.5 Å². The van der Waals surface area contributed by atoms with Gasteiger partial charge in [-0.05, 0) is 50.0 Å². The standard InChI is InChI=1S/C18H25NO/c1-4-5-6-7-8-9-10-11-12-13-14-15-18(20)19-16-17(2)3/h9-10,14-15,17H,8,11-13,16H2,1-3H3,(H,19,20). The highest BCUT2D eigenvalue weighted by molar-refractivity contribution is 5.87. The minimum Gasteiger partial charge on any atom is -0.352 e. The molecule has 20 heavy (non-hydrogen) atoms. The number of carbonyl (C=O) groups excluding carboxylic acids is 1. The molecule has 0 fully saturated rings. The molecule has 1 N–H and O–H groups in total. The second-order valence-electron chi connectivity index (χ2n) is 4.82. The number of allylic oxidation sites excluding steroid dienone is 3. The van der Waals surface area contributed by atoms with E-state index in [-0.39, 0.29) is 5.91 Å². The third-order valence-corrected chi connectivity index (χ3v) is 2.36. The van der Waals surface area contributed by atoms with E-state index >= 15 is 0 Å². The predicted octanol–water partition coefficient (Wildman–Crippen LogP) is 3.46. The fourth-order valence-corrected chi connectivity index (χ4v) is 1.33. The van der Waals surface area contributed by atoms with Crippen LogP contribution in [0.2, 0.25) is 0 Å². The smallest absolute Gasteiger partial charge is 0.243 e. The summed E-state index contributed by atoms with van der Waals surface area (Å²) in [5.74, 6) is 11.6. The van der Waals surface area contributed by atoms with Crippen LogP contribution >= 0.6 is 0 Å². The van der Waals surface area contributed by atoms with Crippen LogP contribution in [0.15, 0.2) is 24.3 Å². The van der Waals surface area contributed by atoms with Crippen molar-refractivity contribution in [3.05, 3.63) is 24.3 Å². The normalized spacial score (nSPS) is 10.2. The van der Waals surface area contributed by atoms with Crippen molar-refractivity contribution in [3.8, 4) is 23.7 Å². The molecule has 0 saturated carbocycles. The number of hydrogen-bond donors (Lipinski definition) is 1. The lowest BCUT2D eigenvalue weighted by atomic mass is 10.2. The summed E-state index contributed by atoms with van der Waals surface area (Å²) in [4.78, 5) is 11.4. The molecule has 0 aliphatic heterocycles. The SMILES string of the molecule is CC#CC#CCC=CCCCC=CC(=O)NCC(C)C. The van der Waals surface area contributed by atoms with Gasteiger partial charge in [0, 0.05) is 13.0 Å². The van der Waals surface area contributed by atoms with E-state index in [9.17, 15) is 4.79 Å². The van der Waals surface area contributed by atoms with Crippen molar-refractivity contribution in [2.24, 2.45) is 5.92 Å². The van der Waals surface area contributed by atoms with Crippen molar-refractivity contribution < 1.29 is 4.79 Å². The zero-order valence-corrected chi connectivity index (χ0v) is 12.8. The van der Waals surface area contributed by atoms with Crippen LogP contribution in [-0.2, 0) is 4.79 Å². The van der Waals surface area contributed by atoms with Gasteiger partial charge in [0.15, 0.2) is 0 Å².